The van der Waals surface area contributed by atoms with Gasteiger partial charge in [0.05, 0.1) is 6.33 Å². The number of nitrogens with two attached hydrogens (primary N) is 1. The predicted octanol–water partition coefficient (Wildman–Crippen LogP) is 1.19. The van der Waals surface area contributed by atoms with Crippen LogP contribution in [0.15, 0.2) is 41.8 Å². The molecule has 2 atom stereocenters. The molecule has 2 aromatic rings. The lowest BCUT2D eigenvalue weighted by molar-refractivity contribution is 0.467. The van der Waals surface area contributed by atoms with Crippen LogP contribution >= 0.6 is 11.6 Å². The van der Waals surface area contributed by atoms with Gasteiger partial charge in [-0.25, -0.2) is 13.4 Å². The molecule has 0 spiro atoms. The number of sulfonamides is 1. The number of rotatable bonds is 3. The number of aryl methyl sites for hydroxylation is 1. The van der Waals surface area contributed by atoms with Crippen molar-refractivity contribution >= 4 is 21.6 Å². The molecule has 6 nitrogen and oxygen atoms in total. The first-order chi connectivity index (χ1) is 10.4. The first-order valence-corrected chi connectivity index (χ1v) is 8.69. The van der Waals surface area contributed by atoms with Crippen molar-refractivity contribution in [3.05, 3.63) is 47.4 Å². The third-order valence-electron chi connectivity index (χ3n) is 3.92. The molecule has 0 saturated carbocycles. The number of nitrogens with zero attached hydrogens (tertiary/aromatic N) is 3. The Bertz CT molecular complexity index is 790. The highest BCUT2D eigenvalue weighted by Crippen LogP contribution is 2.33. The van der Waals surface area contributed by atoms with Crippen molar-refractivity contribution in [3.63, 3.8) is 0 Å². The minimum absolute atomic E-state index is 0.0435. The van der Waals surface area contributed by atoms with Gasteiger partial charge in [-0.3, -0.25) is 0 Å². The molecule has 2 N–H and O–H groups in total. The molecule has 1 aromatic carbocycles. The van der Waals surface area contributed by atoms with Crippen LogP contribution in [0.3, 0.4) is 0 Å². The van der Waals surface area contributed by atoms with Crippen LogP contribution < -0.4 is 5.73 Å². The summed E-state index contributed by atoms with van der Waals surface area (Å²) in [6.45, 7) is 0.568. The average molecular weight is 341 g/mol. The molecule has 1 aromatic heterocycles. The molecule has 0 radical (unpaired) electrons. The van der Waals surface area contributed by atoms with Crippen molar-refractivity contribution in [1.82, 2.24) is 13.9 Å². The zero-order valence-electron chi connectivity index (χ0n) is 12.1. The van der Waals surface area contributed by atoms with E-state index in [1.54, 1.807) is 17.7 Å². The molecule has 2 unspecified atom stereocenters. The summed E-state index contributed by atoms with van der Waals surface area (Å²) in [6, 6.07) is 7.11. The zero-order chi connectivity index (χ0) is 15.9. The summed E-state index contributed by atoms with van der Waals surface area (Å²) in [4.78, 5) is 3.94. The molecule has 0 aliphatic carbocycles. The Morgan fingerprint density at radius 3 is 2.68 bits per heavy atom. The fraction of sp³-hybridized carbons (Fsp3) is 0.357. The van der Waals surface area contributed by atoms with Gasteiger partial charge in [0.25, 0.3) is 10.0 Å². The third-order valence-corrected chi connectivity index (χ3v) is 5.98. The second-order valence-corrected chi connectivity index (χ2v) is 7.78. The lowest BCUT2D eigenvalue weighted by atomic mass is 9.95. The monoisotopic (exact) mass is 340 g/mol. The number of hydrogen-bond donors (Lipinski definition) is 1. The highest BCUT2D eigenvalue weighted by Gasteiger charge is 2.39. The zero-order valence-corrected chi connectivity index (χ0v) is 13.6. The Hall–Kier alpha value is -1.41. The normalized spacial score (nSPS) is 23.0. The molecule has 0 bridgehead atoms. The Balaban J connectivity index is 1.89. The molecule has 22 heavy (non-hydrogen) atoms. The Kier molecular flexibility index (Phi) is 3.98. The smallest absolute Gasteiger partial charge is 0.262 e. The van der Waals surface area contributed by atoms with E-state index in [1.807, 2.05) is 18.2 Å². The molecular weight excluding hydrogens is 324 g/mol. The summed E-state index contributed by atoms with van der Waals surface area (Å²) >= 11 is 6.21. The minimum Gasteiger partial charge on any atom is -0.339 e. The summed E-state index contributed by atoms with van der Waals surface area (Å²) in [5.74, 6) is -0.118. The minimum atomic E-state index is -3.63. The Morgan fingerprint density at radius 2 is 2.05 bits per heavy atom. The molecule has 2 heterocycles. The second-order valence-electron chi connectivity index (χ2n) is 5.49. The lowest BCUT2D eigenvalue weighted by Crippen LogP contribution is -2.32. The number of imidazole rings is 1. The number of halogens is 1. The van der Waals surface area contributed by atoms with Gasteiger partial charge in [0, 0.05) is 43.3 Å². The number of benzene rings is 1. The number of hydrogen-bond acceptors (Lipinski definition) is 4. The predicted molar refractivity (Wildman–Crippen MR) is 84.1 cm³/mol. The first-order valence-electron chi connectivity index (χ1n) is 6.87. The Labute approximate surface area is 134 Å². The number of aromatic nitrogens is 2. The maximum absolute atomic E-state index is 12.6. The van der Waals surface area contributed by atoms with Crippen LogP contribution in [0.5, 0.6) is 0 Å². The quantitative estimate of drug-likeness (QED) is 0.910. The van der Waals surface area contributed by atoms with Crippen LogP contribution in [0.1, 0.15) is 11.5 Å². The van der Waals surface area contributed by atoms with E-state index in [0.717, 1.165) is 5.56 Å². The summed E-state index contributed by atoms with van der Waals surface area (Å²) in [5.41, 5.74) is 7.04. The van der Waals surface area contributed by atoms with Crippen LogP contribution in [0, 0.1) is 0 Å². The van der Waals surface area contributed by atoms with E-state index in [2.05, 4.69) is 4.98 Å². The summed E-state index contributed by atoms with van der Waals surface area (Å²) < 4.78 is 28.2. The van der Waals surface area contributed by atoms with Gasteiger partial charge in [0.2, 0.25) is 0 Å². The van der Waals surface area contributed by atoms with Crippen molar-refractivity contribution in [2.75, 3.05) is 13.1 Å². The molecule has 0 amide bonds. The summed E-state index contributed by atoms with van der Waals surface area (Å²) in [6.07, 6.45) is 2.96. The molecule has 1 fully saturated rings. The topological polar surface area (TPSA) is 81.2 Å². The standard InChI is InChI=1S/C14H17ClN4O2S/c1-18-8-14(17-9-18)22(20,21)19-6-11(13(16)7-19)10-4-2-3-5-12(10)15/h2-5,8-9,11,13H,6-7,16H2,1H3. The van der Waals surface area contributed by atoms with Crippen molar-refractivity contribution in [2.45, 2.75) is 17.0 Å². The SMILES string of the molecule is Cn1cnc(S(=O)(=O)N2CC(N)C(c3ccccc3Cl)C2)c1. The van der Waals surface area contributed by atoms with Gasteiger partial charge in [-0.2, -0.15) is 4.31 Å². The van der Waals surface area contributed by atoms with Gasteiger partial charge in [0.15, 0.2) is 5.03 Å². The highest BCUT2D eigenvalue weighted by atomic mass is 35.5. The third kappa shape index (κ3) is 2.65. The van der Waals surface area contributed by atoms with E-state index in [0.29, 0.717) is 11.6 Å². The van der Waals surface area contributed by atoms with Crippen LogP contribution in [-0.4, -0.2) is 41.4 Å². The maximum Gasteiger partial charge on any atom is 0.262 e. The molecule has 3 rings (SSSR count). The van der Waals surface area contributed by atoms with Crippen molar-refractivity contribution in [3.8, 4) is 0 Å². The average Bonchev–Trinajstić information content (AvgIpc) is 3.06. The van der Waals surface area contributed by atoms with E-state index < -0.39 is 10.0 Å². The molecule has 118 valence electrons. The molecule has 8 heteroatoms. The van der Waals surface area contributed by atoms with E-state index in [-0.39, 0.29) is 23.5 Å². The highest BCUT2D eigenvalue weighted by molar-refractivity contribution is 7.89. The van der Waals surface area contributed by atoms with Crippen LogP contribution in [0.4, 0.5) is 0 Å². The van der Waals surface area contributed by atoms with Crippen molar-refractivity contribution in [2.24, 2.45) is 12.8 Å². The van der Waals surface area contributed by atoms with E-state index in [9.17, 15) is 8.42 Å². The van der Waals surface area contributed by atoms with Gasteiger partial charge in [-0.05, 0) is 11.6 Å². The molecule has 1 saturated heterocycles. The van der Waals surface area contributed by atoms with E-state index in [4.69, 9.17) is 17.3 Å². The van der Waals surface area contributed by atoms with Crippen LogP contribution in [-0.2, 0) is 17.1 Å². The largest absolute Gasteiger partial charge is 0.339 e. The fourth-order valence-electron chi connectivity index (χ4n) is 2.75. The van der Waals surface area contributed by atoms with Gasteiger partial charge < -0.3 is 10.3 Å². The van der Waals surface area contributed by atoms with E-state index in [1.165, 1.54) is 16.8 Å². The van der Waals surface area contributed by atoms with E-state index >= 15 is 0 Å². The Morgan fingerprint density at radius 1 is 1.32 bits per heavy atom. The van der Waals surface area contributed by atoms with Crippen LogP contribution in [0.2, 0.25) is 5.02 Å². The van der Waals surface area contributed by atoms with Gasteiger partial charge in [-0.1, -0.05) is 29.8 Å². The fourth-order valence-corrected chi connectivity index (χ4v) is 4.49. The first kappa shape index (κ1) is 15.5. The van der Waals surface area contributed by atoms with Gasteiger partial charge >= 0.3 is 0 Å². The molecular formula is C14H17ClN4O2S. The van der Waals surface area contributed by atoms with Crippen molar-refractivity contribution in [1.29, 1.82) is 0 Å². The summed E-state index contributed by atoms with van der Waals surface area (Å²) in [5, 5.41) is 0.655. The lowest BCUT2D eigenvalue weighted by Gasteiger charge is -2.16. The van der Waals surface area contributed by atoms with Crippen molar-refractivity contribution < 1.29 is 8.42 Å². The summed E-state index contributed by atoms with van der Waals surface area (Å²) in [7, 11) is -1.90. The second kappa shape index (κ2) is 5.66. The molecule has 1 aliphatic heterocycles. The van der Waals surface area contributed by atoms with Gasteiger partial charge in [-0.15, -0.1) is 0 Å². The maximum atomic E-state index is 12.6. The van der Waals surface area contributed by atoms with Gasteiger partial charge in [0.1, 0.15) is 0 Å². The molecule has 1 aliphatic rings. The van der Waals surface area contributed by atoms with Crippen LogP contribution in [0.25, 0.3) is 0 Å².